The van der Waals surface area contributed by atoms with E-state index in [2.05, 4.69) is 55.3 Å². The molecular weight excluding hydrogens is 284 g/mol. The minimum absolute atomic E-state index is 0.210. The first-order valence-corrected chi connectivity index (χ1v) is 9.17. The molecule has 1 aliphatic heterocycles. The van der Waals surface area contributed by atoms with Crippen molar-refractivity contribution in [1.29, 1.82) is 0 Å². The molecule has 23 heavy (non-hydrogen) atoms. The average molecular weight is 314 g/mol. The molecule has 126 valence electrons. The van der Waals surface area contributed by atoms with Gasteiger partial charge in [0, 0.05) is 24.5 Å². The summed E-state index contributed by atoms with van der Waals surface area (Å²) in [5.74, 6) is 1.15. The molecule has 1 aromatic carbocycles. The highest BCUT2D eigenvalue weighted by Gasteiger charge is 2.36. The van der Waals surface area contributed by atoms with E-state index < -0.39 is 0 Å². The van der Waals surface area contributed by atoms with E-state index >= 15 is 0 Å². The highest BCUT2D eigenvalue weighted by molar-refractivity contribution is 5.79. The summed E-state index contributed by atoms with van der Waals surface area (Å²) in [4.78, 5) is 15.2. The van der Waals surface area contributed by atoms with Gasteiger partial charge in [-0.2, -0.15) is 0 Å². The largest absolute Gasteiger partial charge is 0.335 e. The van der Waals surface area contributed by atoms with Crippen molar-refractivity contribution in [3.8, 4) is 0 Å². The van der Waals surface area contributed by atoms with E-state index in [4.69, 9.17) is 0 Å². The van der Waals surface area contributed by atoms with Crippen LogP contribution in [0.15, 0.2) is 24.3 Å². The van der Waals surface area contributed by atoms with Gasteiger partial charge in [-0.1, -0.05) is 38.1 Å². The van der Waals surface area contributed by atoms with E-state index in [1.54, 1.807) is 0 Å². The Morgan fingerprint density at radius 2 is 1.91 bits per heavy atom. The lowest BCUT2D eigenvalue weighted by atomic mass is 9.91. The lowest BCUT2D eigenvalue weighted by molar-refractivity contribution is -0.138. The fourth-order valence-electron chi connectivity index (χ4n) is 3.57. The SMILES string of the molecule is CC(C)c1ccc(CN(C(=O)[C@H]2CCN[C@@H](C)C2)C2CC2)cc1. The first-order chi connectivity index (χ1) is 11.0. The zero-order valence-corrected chi connectivity index (χ0v) is 14.7. The number of hydrogen-bond acceptors (Lipinski definition) is 2. The minimum atomic E-state index is 0.210. The van der Waals surface area contributed by atoms with Gasteiger partial charge >= 0.3 is 0 Å². The predicted molar refractivity (Wildman–Crippen MR) is 94.3 cm³/mol. The second kappa shape index (κ2) is 7.04. The van der Waals surface area contributed by atoms with Gasteiger partial charge in [-0.3, -0.25) is 4.79 Å². The van der Waals surface area contributed by atoms with Crippen LogP contribution in [-0.4, -0.2) is 29.4 Å². The molecule has 0 bridgehead atoms. The van der Waals surface area contributed by atoms with Crippen LogP contribution in [0.1, 0.15) is 63.5 Å². The third-order valence-corrected chi connectivity index (χ3v) is 5.24. The van der Waals surface area contributed by atoms with E-state index in [0.29, 0.717) is 23.9 Å². The minimum Gasteiger partial charge on any atom is -0.335 e. The highest BCUT2D eigenvalue weighted by Crippen LogP contribution is 2.32. The Kier molecular flexibility index (Phi) is 5.05. The summed E-state index contributed by atoms with van der Waals surface area (Å²) in [7, 11) is 0. The Labute approximate surface area is 140 Å². The zero-order valence-electron chi connectivity index (χ0n) is 14.7. The summed E-state index contributed by atoms with van der Waals surface area (Å²) in [6, 6.07) is 9.76. The van der Waals surface area contributed by atoms with Crippen LogP contribution in [0.25, 0.3) is 0 Å². The van der Waals surface area contributed by atoms with E-state index in [1.807, 2.05) is 0 Å². The maximum atomic E-state index is 13.0. The van der Waals surface area contributed by atoms with Crippen LogP contribution in [0.2, 0.25) is 0 Å². The summed E-state index contributed by atoms with van der Waals surface area (Å²) in [5, 5.41) is 3.45. The van der Waals surface area contributed by atoms with Gasteiger partial charge in [0.25, 0.3) is 0 Å². The molecule has 2 aliphatic rings. The Bertz CT molecular complexity index is 533. The first-order valence-electron chi connectivity index (χ1n) is 9.17. The van der Waals surface area contributed by atoms with Crippen molar-refractivity contribution < 1.29 is 4.79 Å². The topological polar surface area (TPSA) is 32.3 Å². The quantitative estimate of drug-likeness (QED) is 0.899. The average Bonchev–Trinajstić information content (AvgIpc) is 3.37. The normalized spacial score (nSPS) is 24.7. The van der Waals surface area contributed by atoms with Gasteiger partial charge in [0.05, 0.1) is 0 Å². The third kappa shape index (κ3) is 4.14. The van der Waals surface area contributed by atoms with Crippen molar-refractivity contribution in [2.45, 2.75) is 71.0 Å². The molecule has 1 saturated carbocycles. The molecule has 0 aromatic heterocycles. The lowest BCUT2D eigenvalue weighted by Gasteiger charge is -2.32. The molecule has 1 N–H and O–H groups in total. The number of nitrogens with zero attached hydrogens (tertiary/aromatic N) is 1. The summed E-state index contributed by atoms with van der Waals surface area (Å²) in [5.41, 5.74) is 2.63. The van der Waals surface area contributed by atoms with Crippen LogP contribution in [0.5, 0.6) is 0 Å². The number of carbonyl (C=O) groups is 1. The van der Waals surface area contributed by atoms with Crippen molar-refractivity contribution in [3.63, 3.8) is 0 Å². The van der Waals surface area contributed by atoms with Crippen molar-refractivity contribution in [2.75, 3.05) is 6.54 Å². The van der Waals surface area contributed by atoms with E-state index in [-0.39, 0.29) is 5.92 Å². The van der Waals surface area contributed by atoms with Gasteiger partial charge in [0.1, 0.15) is 0 Å². The van der Waals surface area contributed by atoms with Gasteiger partial charge in [-0.25, -0.2) is 0 Å². The number of benzene rings is 1. The van der Waals surface area contributed by atoms with Crippen molar-refractivity contribution in [1.82, 2.24) is 10.2 Å². The molecular formula is C20H30N2O. The van der Waals surface area contributed by atoms with Crippen LogP contribution < -0.4 is 5.32 Å². The predicted octanol–water partition coefficient (Wildman–Crippen LogP) is 3.69. The molecule has 1 heterocycles. The van der Waals surface area contributed by atoms with Crippen LogP contribution >= 0.6 is 0 Å². The third-order valence-electron chi connectivity index (χ3n) is 5.24. The standard InChI is InChI=1S/C20H30N2O/c1-14(2)17-6-4-16(5-7-17)13-22(19-8-9-19)20(23)18-10-11-21-15(3)12-18/h4-7,14-15,18-19,21H,8-13H2,1-3H3/t15-,18-/m0/s1. The Morgan fingerprint density at radius 3 is 2.48 bits per heavy atom. The van der Waals surface area contributed by atoms with Gasteiger partial charge in [-0.05, 0) is 56.2 Å². The smallest absolute Gasteiger partial charge is 0.226 e. The molecule has 3 heteroatoms. The summed E-state index contributed by atoms with van der Waals surface area (Å²) < 4.78 is 0. The Morgan fingerprint density at radius 1 is 1.22 bits per heavy atom. The fourth-order valence-corrected chi connectivity index (χ4v) is 3.57. The summed E-state index contributed by atoms with van der Waals surface area (Å²) >= 11 is 0. The van der Waals surface area contributed by atoms with Crippen molar-refractivity contribution in [3.05, 3.63) is 35.4 Å². The van der Waals surface area contributed by atoms with Crippen LogP contribution in [0.4, 0.5) is 0 Å². The maximum absolute atomic E-state index is 13.0. The van der Waals surface area contributed by atoms with E-state index in [1.165, 1.54) is 24.0 Å². The molecule has 1 amide bonds. The van der Waals surface area contributed by atoms with Gasteiger partial charge in [0.2, 0.25) is 5.91 Å². The maximum Gasteiger partial charge on any atom is 0.226 e. The summed E-state index contributed by atoms with van der Waals surface area (Å²) in [6.07, 6.45) is 4.32. The first kappa shape index (κ1) is 16.5. The number of carbonyl (C=O) groups excluding carboxylic acids is 1. The number of amides is 1. The fraction of sp³-hybridized carbons (Fsp3) is 0.650. The Hall–Kier alpha value is -1.35. The molecule has 0 spiro atoms. The van der Waals surface area contributed by atoms with Crippen LogP contribution in [0.3, 0.4) is 0 Å². The molecule has 0 unspecified atom stereocenters. The van der Waals surface area contributed by atoms with Gasteiger partial charge in [0.15, 0.2) is 0 Å². The molecule has 2 atom stereocenters. The lowest BCUT2D eigenvalue weighted by Crippen LogP contribution is -2.44. The van der Waals surface area contributed by atoms with Crippen molar-refractivity contribution >= 4 is 5.91 Å². The van der Waals surface area contributed by atoms with E-state index in [9.17, 15) is 4.79 Å². The van der Waals surface area contributed by atoms with Crippen LogP contribution in [-0.2, 0) is 11.3 Å². The van der Waals surface area contributed by atoms with Crippen LogP contribution in [0, 0.1) is 5.92 Å². The number of nitrogens with one attached hydrogen (secondary N) is 1. The number of piperidine rings is 1. The Balaban J connectivity index is 1.68. The number of hydrogen-bond donors (Lipinski definition) is 1. The molecule has 3 nitrogen and oxygen atoms in total. The highest BCUT2D eigenvalue weighted by atomic mass is 16.2. The molecule has 1 aliphatic carbocycles. The molecule has 0 radical (unpaired) electrons. The zero-order chi connectivity index (χ0) is 16.4. The van der Waals surface area contributed by atoms with E-state index in [0.717, 1.165) is 25.9 Å². The van der Waals surface area contributed by atoms with Gasteiger partial charge < -0.3 is 10.2 Å². The van der Waals surface area contributed by atoms with Crippen molar-refractivity contribution in [2.24, 2.45) is 5.92 Å². The molecule has 1 saturated heterocycles. The number of rotatable bonds is 5. The second-order valence-corrected chi connectivity index (χ2v) is 7.67. The molecule has 1 aromatic rings. The second-order valence-electron chi connectivity index (χ2n) is 7.67. The summed E-state index contributed by atoms with van der Waals surface area (Å²) in [6.45, 7) is 8.37. The van der Waals surface area contributed by atoms with Gasteiger partial charge in [-0.15, -0.1) is 0 Å². The monoisotopic (exact) mass is 314 g/mol. The molecule has 2 fully saturated rings. The molecule has 3 rings (SSSR count).